The number of alkyl halides is 1. The van der Waals surface area contributed by atoms with Gasteiger partial charge in [-0.05, 0) is 62.8 Å². The summed E-state index contributed by atoms with van der Waals surface area (Å²) in [5.74, 6) is 0.392. The number of rotatable bonds is 9. The number of amides is 2. The molecular formula is C27H37F2N5O2S. The summed E-state index contributed by atoms with van der Waals surface area (Å²) in [4.78, 5) is 34.0. The second-order valence-electron chi connectivity index (χ2n) is 10.3. The summed E-state index contributed by atoms with van der Waals surface area (Å²) >= 11 is 1.18. The molecule has 2 aromatic rings. The minimum Gasteiger partial charge on any atom is -0.335 e. The van der Waals surface area contributed by atoms with E-state index in [1.165, 1.54) is 30.4 Å². The molecule has 0 bridgehead atoms. The average molecular weight is 534 g/mol. The van der Waals surface area contributed by atoms with E-state index in [9.17, 15) is 18.4 Å². The first-order valence-electron chi connectivity index (χ1n) is 13.1. The van der Waals surface area contributed by atoms with Crippen LogP contribution in [0.4, 0.5) is 18.7 Å². The molecule has 202 valence electrons. The first kappa shape index (κ1) is 27.6. The molecule has 0 spiro atoms. The highest BCUT2D eigenvalue weighted by Crippen LogP contribution is 2.26. The second kappa shape index (κ2) is 12.9. The third kappa shape index (κ3) is 7.78. The number of carbonyl (C=O) groups excluding carboxylic acids is 2. The first-order chi connectivity index (χ1) is 17.8. The van der Waals surface area contributed by atoms with E-state index < -0.39 is 0 Å². The van der Waals surface area contributed by atoms with E-state index in [0.29, 0.717) is 28.2 Å². The van der Waals surface area contributed by atoms with E-state index in [-0.39, 0.29) is 36.3 Å². The lowest BCUT2D eigenvalue weighted by Gasteiger charge is -2.42. The number of hydrogen-bond acceptors (Lipinski definition) is 6. The minimum absolute atomic E-state index is 0.0401. The number of benzene rings is 1. The van der Waals surface area contributed by atoms with Crippen LogP contribution >= 0.6 is 11.3 Å². The standard InChI is InChI=1S/C27H37F2N5O2S/c1-18-25(19(2)35)37-27(30-18)32-26(36)31-24-9-12-33(13-10-28)16-22(24)17-34-11-3-4-21(15-34)14-20-5-7-23(29)8-6-20/h5-8,21-22,24H,3-4,9-17H2,1-2H3,(H2,30,31,32,36)/t21-,22+,24+/m0/s1. The summed E-state index contributed by atoms with van der Waals surface area (Å²) in [5, 5.41) is 6.34. The van der Waals surface area contributed by atoms with Crippen molar-refractivity contribution in [2.24, 2.45) is 11.8 Å². The predicted molar refractivity (Wildman–Crippen MR) is 143 cm³/mol. The summed E-state index contributed by atoms with van der Waals surface area (Å²) in [6.45, 7) is 7.55. The zero-order valence-electron chi connectivity index (χ0n) is 21.6. The summed E-state index contributed by atoms with van der Waals surface area (Å²) in [6, 6.07) is 6.41. The molecule has 1 aromatic heterocycles. The molecule has 3 heterocycles. The molecule has 2 aliphatic rings. The van der Waals surface area contributed by atoms with Crippen LogP contribution in [0.5, 0.6) is 0 Å². The Hall–Kier alpha value is -2.43. The summed E-state index contributed by atoms with van der Waals surface area (Å²) in [6.07, 6.45) is 3.93. The molecule has 2 aliphatic heterocycles. The van der Waals surface area contributed by atoms with Gasteiger partial charge in [-0.1, -0.05) is 23.5 Å². The molecule has 2 N–H and O–H groups in total. The van der Waals surface area contributed by atoms with Gasteiger partial charge in [0.05, 0.1) is 10.6 Å². The summed E-state index contributed by atoms with van der Waals surface area (Å²) in [7, 11) is 0. The number of piperidine rings is 2. The Morgan fingerprint density at radius 1 is 1.14 bits per heavy atom. The number of aromatic nitrogens is 1. The molecular weight excluding hydrogens is 496 g/mol. The van der Waals surface area contributed by atoms with Crippen LogP contribution in [0, 0.1) is 24.6 Å². The lowest BCUT2D eigenvalue weighted by molar-refractivity contribution is 0.0822. The van der Waals surface area contributed by atoms with Crippen molar-refractivity contribution >= 4 is 28.3 Å². The van der Waals surface area contributed by atoms with Crippen LogP contribution in [-0.4, -0.2) is 78.6 Å². The summed E-state index contributed by atoms with van der Waals surface area (Å²) < 4.78 is 26.4. The van der Waals surface area contributed by atoms with Crippen LogP contribution in [-0.2, 0) is 6.42 Å². The van der Waals surface area contributed by atoms with E-state index in [0.717, 1.165) is 64.0 Å². The molecule has 4 rings (SSSR count). The Labute approximate surface area is 221 Å². The van der Waals surface area contributed by atoms with E-state index in [4.69, 9.17) is 0 Å². The maximum Gasteiger partial charge on any atom is 0.321 e. The van der Waals surface area contributed by atoms with E-state index in [1.807, 2.05) is 12.1 Å². The molecule has 2 amide bonds. The highest BCUT2D eigenvalue weighted by Gasteiger charge is 2.33. The number of hydrogen-bond donors (Lipinski definition) is 2. The fourth-order valence-electron chi connectivity index (χ4n) is 5.65. The van der Waals surface area contributed by atoms with Gasteiger partial charge in [0.15, 0.2) is 10.9 Å². The van der Waals surface area contributed by atoms with Crippen molar-refractivity contribution in [3.8, 4) is 0 Å². The number of urea groups is 1. The number of aryl methyl sites for hydroxylation is 1. The van der Waals surface area contributed by atoms with Crippen molar-refractivity contribution < 1.29 is 18.4 Å². The fourth-order valence-corrected chi connectivity index (χ4v) is 6.51. The minimum atomic E-state index is -0.378. The third-order valence-electron chi connectivity index (χ3n) is 7.41. The van der Waals surface area contributed by atoms with Crippen molar-refractivity contribution in [1.82, 2.24) is 20.1 Å². The lowest BCUT2D eigenvalue weighted by Crippen LogP contribution is -2.55. The molecule has 37 heavy (non-hydrogen) atoms. The van der Waals surface area contributed by atoms with Crippen LogP contribution in [0.1, 0.15) is 47.1 Å². The zero-order chi connectivity index (χ0) is 26.4. The van der Waals surface area contributed by atoms with Crippen LogP contribution < -0.4 is 10.6 Å². The molecule has 2 saturated heterocycles. The van der Waals surface area contributed by atoms with Gasteiger partial charge < -0.3 is 15.1 Å². The lowest BCUT2D eigenvalue weighted by atomic mass is 9.88. The van der Waals surface area contributed by atoms with Crippen molar-refractivity contribution in [3.63, 3.8) is 0 Å². The Morgan fingerprint density at radius 2 is 1.92 bits per heavy atom. The van der Waals surface area contributed by atoms with Gasteiger partial charge in [-0.15, -0.1) is 0 Å². The third-order valence-corrected chi connectivity index (χ3v) is 8.58. The molecule has 2 fully saturated rings. The number of ketones is 1. The number of thiazole rings is 1. The predicted octanol–water partition coefficient (Wildman–Crippen LogP) is 4.53. The van der Waals surface area contributed by atoms with Crippen molar-refractivity contribution in [2.45, 2.75) is 45.6 Å². The maximum absolute atomic E-state index is 13.3. The molecule has 10 heteroatoms. The SMILES string of the molecule is CC(=O)c1sc(NC(=O)N[C@@H]2CCN(CCF)C[C@@H]2CN2CCC[C@@H](Cc3ccc(F)cc3)C2)nc1C. The molecule has 0 aliphatic carbocycles. The average Bonchev–Trinajstić information content (AvgIpc) is 3.22. The molecule has 7 nitrogen and oxygen atoms in total. The van der Waals surface area contributed by atoms with E-state index >= 15 is 0 Å². The molecule has 0 radical (unpaired) electrons. The van der Waals surface area contributed by atoms with Crippen LogP contribution in [0.25, 0.3) is 0 Å². The maximum atomic E-state index is 13.3. The first-order valence-corrected chi connectivity index (χ1v) is 13.9. The molecule has 0 unspecified atom stereocenters. The van der Waals surface area contributed by atoms with E-state index in [2.05, 4.69) is 25.4 Å². The second-order valence-corrected chi connectivity index (χ2v) is 11.3. The number of carbonyl (C=O) groups is 2. The van der Waals surface area contributed by atoms with E-state index in [1.54, 1.807) is 6.92 Å². The van der Waals surface area contributed by atoms with Gasteiger partial charge in [0.25, 0.3) is 0 Å². The number of Topliss-reactive ketones (excluding diaryl/α,β-unsaturated/α-hetero) is 1. The van der Waals surface area contributed by atoms with Gasteiger partial charge in [-0.25, -0.2) is 18.6 Å². The number of nitrogens with one attached hydrogen (secondary N) is 2. The number of likely N-dealkylation sites (tertiary alicyclic amines) is 2. The van der Waals surface area contributed by atoms with Gasteiger partial charge in [0, 0.05) is 51.6 Å². The Morgan fingerprint density at radius 3 is 2.62 bits per heavy atom. The number of nitrogens with zero attached hydrogens (tertiary/aromatic N) is 3. The summed E-state index contributed by atoms with van der Waals surface area (Å²) in [5.41, 5.74) is 1.77. The zero-order valence-corrected chi connectivity index (χ0v) is 22.5. The Balaban J connectivity index is 1.36. The van der Waals surface area contributed by atoms with Crippen molar-refractivity contribution in [3.05, 3.63) is 46.2 Å². The number of anilines is 1. The van der Waals surface area contributed by atoms with Gasteiger partial charge in [0.2, 0.25) is 0 Å². The Kier molecular flexibility index (Phi) is 9.61. The van der Waals surface area contributed by atoms with Crippen molar-refractivity contribution in [1.29, 1.82) is 0 Å². The topological polar surface area (TPSA) is 77.6 Å². The van der Waals surface area contributed by atoms with Crippen LogP contribution in [0.2, 0.25) is 0 Å². The van der Waals surface area contributed by atoms with Gasteiger partial charge in [-0.3, -0.25) is 10.1 Å². The monoisotopic (exact) mass is 533 g/mol. The largest absolute Gasteiger partial charge is 0.335 e. The van der Waals surface area contributed by atoms with Crippen molar-refractivity contribution in [2.75, 3.05) is 51.3 Å². The smallest absolute Gasteiger partial charge is 0.321 e. The van der Waals surface area contributed by atoms with Gasteiger partial charge in [0.1, 0.15) is 12.5 Å². The van der Waals surface area contributed by atoms with Gasteiger partial charge in [-0.2, -0.15) is 0 Å². The molecule has 0 saturated carbocycles. The normalized spacial score (nSPS) is 23.1. The van der Waals surface area contributed by atoms with Gasteiger partial charge >= 0.3 is 6.03 Å². The van der Waals surface area contributed by atoms with Crippen LogP contribution in [0.3, 0.4) is 0 Å². The molecule has 1 aromatic carbocycles. The highest BCUT2D eigenvalue weighted by molar-refractivity contribution is 7.17. The van der Waals surface area contributed by atoms with Crippen LogP contribution in [0.15, 0.2) is 24.3 Å². The quantitative estimate of drug-likeness (QED) is 0.463. The fraction of sp³-hybridized carbons (Fsp3) is 0.593. The Bertz CT molecular complexity index is 1060. The molecule has 3 atom stereocenters. The highest BCUT2D eigenvalue weighted by atomic mass is 32.1. The number of halogens is 2.